The Balaban J connectivity index is 1.46. The fraction of sp³-hybridized carbons (Fsp3) is 0.348. The molecule has 0 aliphatic carbocycles. The summed E-state index contributed by atoms with van der Waals surface area (Å²) in [5, 5.41) is 7.03. The summed E-state index contributed by atoms with van der Waals surface area (Å²) in [6.07, 6.45) is 1.56. The summed E-state index contributed by atoms with van der Waals surface area (Å²) < 4.78 is 16.0. The molecule has 3 aromatic rings. The molecule has 0 aliphatic rings. The topological polar surface area (TPSA) is 86.5 Å². The molecule has 158 valence electrons. The summed E-state index contributed by atoms with van der Waals surface area (Å²) in [6.45, 7) is 4.52. The highest BCUT2D eigenvalue weighted by Crippen LogP contribution is 2.21. The molecule has 1 unspecified atom stereocenters. The van der Waals surface area contributed by atoms with Gasteiger partial charge in [-0.05, 0) is 62.2 Å². The van der Waals surface area contributed by atoms with Gasteiger partial charge in [-0.25, -0.2) is 0 Å². The average molecular weight is 409 g/mol. The van der Waals surface area contributed by atoms with Gasteiger partial charge in [-0.2, -0.15) is 4.98 Å². The van der Waals surface area contributed by atoms with E-state index in [4.69, 9.17) is 14.0 Å². The van der Waals surface area contributed by atoms with Crippen molar-refractivity contribution < 1.29 is 18.8 Å². The molecular weight excluding hydrogens is 382 g/mol. The first-order chi connectivity index (χ1) is 14.6. The molecule has 1 N–H and O–H groups in total. The summed E-state index contributed by atoms with van der Waals surface area (Å²) >= 11 is 0. The zero-order valence-corrected chi connectivity index (χ0v) is 17.6. The summed E-state index contributed by atoms with van der Waals surface area (Å²) in [4.78, 5) is 16.7. The lowest BCUT2D eigenvalue weighted by molar-refractivity contribution is -0.121. The lowest BCUT2D eigenvalue weighted by Gasteiger charge is -2.15. The Kier molecular flexibility index (Phi) is 7.43. The quantitative estimate of drug-likeness (QED) is 0.536. The highest BCUT2D eigenvalue weighted by molar-refractivity contribution is 5.76. The fourth-order valence-electron chi connectivity index (χ4n) is 3.05. The summed E-state index contributed by atoms with van der Waals surface area (Å²) in [5.41, 5.74) is 1.86. The number of aryl methyl sites for hydroxylation is 1. The van der Waals surface area contributed by atoms with Crippen LogP contribution in [-0.4, -0.2) is 29.8 Å². The maximum Gasteiger partial charge on any atom is 0.226 e. The molecule has 7 heteroatoms. The molecule has 30 heavy (non-hydrogen) atoms. The zero-order chi connectivity index (χ0) is 21.3. The van der Waals surface area contributed by atoms with E-state index < -0.39 is 0 Å². The molecule has 0 aliphatic heterocycles. The van der Waals surface area contributed by atoms with Crippen molar-refractivity contribution >= 4 is 5.91 Å². The maximum absolute atomic E-state index is 12.3. The summed E-state index contributed by atoms with van der Waals surface area (Å²) in [5.74, 6) is 2.61. The number of methoxy groups -OCH3 is 1. The van der Waals surface area contributed by atoms with Gasteiger partial charge in [-0.1, -0.05) is 17.3 Å². The van der Waals surface area contributed by atoms with Gasteiger partial charge in [0.25, 0.3) is 0 Å². The molecule has 0 spiro atoms. The van der Waals surface area contributed by atoms with Gasteiger partial charge >= 0.3 is 0 Å². The van der Waals surface area contributed by atoms with Gasteiger partial charge < -0.3 is 19.3 Å². The minimum absolute atomic E-state index is 0.0146. The molecule has 0 bridgehead atoms. The van der Waals surface area contributed by atoms with Crippen molar-refractivity contribution in [2.75, 3.05) is 13.7 Å². The lowest BCUT2D eigenvalue weighted by Crippen LogP contribution is -2.26. The van der Waals surface area contributed by atoms with Gasteiger partial charge in [-0.15, -0.1) is 0 Å². The first kappa shape index (κ1) is 21.4. The van der Waals surface area contributed by atoms with Crippen molar-refractivity contribution in [1.29, 1.82) is 0 Å². The van der Waals surface area contributed by atoms with Gasteiger partial charge in [0.1, 0.15) is 11.5 Å². The molecule has 0 saturated carbocycles. The van der Waals surface area contributed by atoms with Crippen LogP contribution in [0, 0.1) is 0 Å². The van der Waals surface area contributed by atoms with E-state index in [2.05, 4.69) is 15.5 Å². The Hall–Kier alpha value is -3.35. The molecule has 1 amide bonds. The van der Waals surface area contributed by atoms with Crippen molar-refractivity contribution in [2.24, 2.45) is 0 Å². The predicted molar refractivity (Wildman–Crippen MR) is 113 cm³/mol. The molecule has 7 nitrogen and oxygen atoms in total. The second-order valence-electron chi connectivity index (χ2n) is 6.89. The third-order valence-electron chi connectivity index (χ3n) is 4.66. The van der Waals surface area contributed by atoms with E-state index in [0.717, 1.165) is 22.6 Å². The van der Waals surface area contributed by atoms with Gasteiger partial charge in [0.05, 0.1) is 19.8 Å². The van der Waals surface area contributed by atoms with E-state index in [9.17, 15) is 4.79 Å². The Labute approximate surface area is 176 Å². The van der Waals surface area contributed by atoms with Crippen LogP contribution in [0.2, 0.25) is 0 Å². The van der Waals surface area contributed by atoms with Crippen LogP contribution in [0.4, 0.5) is 0 Å². The molecule has 0 saturated heterocycles. The molecule has 2 aromatic carbocycles. The number of rotatable bonds is 10. The SMILES string of the molecule is CCOc1cccc(C(C)NC(=O)CCCc2nc(-c3ccc(OC)cc3)no2)c1. The van der Waals surface area contributed by atoms with E-state index in [1.165, 1.54) is 0 Å². The first-order valence-electron chi connectivity index (χ1n) is 10.1. The minimum Gasteiger partial charge on any atom is -0.497 e. The highest BCUT2D eigenvalue weighted by atomic mass is 16.5. The van der Waals surface area contributed by atoms with Crippen LogP contribution in [0.15, 0.2) is 53.1 Å². The Morgan fingerprint density at radius 1 is 1.17 bits per heavy atom. The van der Waals surface area contributed by atoms with Crippen LogP contribution in [-0.2, 0) is 11.2 Å². The predicted octanol–water partition coefficient (Wildman–Crippen LogP) is 4.34. The minimum atomic E-state index is -0.0945. The van der Waals surface area contributed by atoms with E-state index in [0.29, 0.717) is 37.6 Å². The number of hydrogen-bond acceptors (Lipinski definition) is 6. The van der Waals surface area contributed by atoms with Crippen LogP contribution >= 0.6 is 0 Å². The maximum atomic E-state index is 12.3. The number of nitrogens with zero attached hydrogens (tertiary/aromatic N) is 2. The Morgan fingerprint density at radius 3 is 2.70 bits per heavy atom. The molecule has 1 atom stereocenters. The van der Waals surface area contributed by atoms with Crippen molar-refractivity contribution in [3.8, 4) is 22.9 Å². The number of benzene rings is 2. The van der Waals surface area contributed by atoms with Crippen LogP contribution in [0.3, 0.4) is 0 Å². The highest BCUT2D eigenvalue weighted by Gasteiger charge is 2.12. The first-order valence-corrected chi connectivity index (χ1v) is 10.1. The van der Waals surface area contributed by atoms with Crippen LogP contribution in [0.1, 0.15) is 44.2 Å². The summed E-state index contributed by atoms with van der Waals surface area (Å²) in [7, 11) is 1.62. The average Bonchev–Trinajstić information content (AvgIpc) is 3.23. The second-order valence-corrected chi connectivity index (χ2v) is 6.89. The molecule has 1 aromatic heterocycles. The fourth-order valence-corrected chi connectivity index (χ4v) is 3.05. The monoisotopic (exact) mass is 409 g/mol. The van der Waals surface area contributed by atoms with E-state index in [1.807, 2.05) is 62.4 Å². The molecular formula is C23H27N3O4. The molecule has 0 radical (unpaired) electrons. The number of carbonyl (C=O) groups is 1. The van der Waals surface area contributed by atoms with Crippen LogP contribution in [0.5, 0.6) is 11.5 Å². The lowest BCUT2D eigenvalue weighted by atomic mass is 10.1. The number of ether oxygens (including phenoxy) is 2. The zero-order valence-electron chi connectivity index (χ0n) is 17.6. The van der Waals surface area contributed by atoms with Gasteiger partial charge in [0, 0.05) is 18.4 Å². The second kappa shape index (κ2) is 10.4. The Bertz CT molecular complexity index is 953. The van der Waals surface area contributed by atoms with Crippen LogP contribution < -0.4 is 14.8 Å². The normalized spacial score (nSPS) is 11.7. The third-order valence-corrected chi connectivity index (χ3v) is 4.66. The molecule has 3 rings (SSSR count). The van der Waals surface area contributed by atoms with Gasteiger partial charge in [0.2, 0.25) is 17.6 Å². The number of aromatic nitrogens is 2. The molecule has 0 fully saturated rings. The van der Waals surface area contributed by atoms with E-state index in [-0.39, 0.29) is 11.9 Å². The smallest absolute Gasteiger partial charge is 0.226 e. The van der Waals surface area contributed by atoms with Crippen molar-refractivity contribution in [3.63, 3.8) is 0 Å². The van der Waals surface area contributed by atoms with E-state index in [1.54, 1.807) is 7.11 Å². The number of nitrogens with one attached hydrogen (secondary N) is 1. The van der Waals surface area contributed by atoms with Crippen molar-refractivity contribution in [3.05, 3.63) is 60.0 Å². The van der Waals surface area contributed by atoms with Crippen molar-refractivity contribution in [1.82, 2.24) is 15.5 Å². The number of amides is 1. The molecule has 1 heterocycles. The van der Waals surface area contributed by atoms with Gasteiger partial charge in [-0.3, -0.25) is 4.79 Å². The Morgan fingerprint density at radius 2 is 1.97 bits per heavy atom. The number of hydrogen-bond donors (Lipinski definition) is 1. The van der Waals surface area contributed by atoms with Crippen LogP contribution in [0.25, 0.3) is 11.4 Å². The van der Waals surface area contributed by atoms with Crippen molar-refractivity contribution in [2.45, 2.75) is 39.2 Å². The van der Waals surface area contributed by atoms with Gasteiger partial charge in [0.15, 0.2) is 0 Å². The largest absolute Gasteiger partial charge is 0.497 e. The van der Waals surface area contributed by atoms with E-state index >= 15 is 0 Å². The summed E-state index contributed by atoms with van der Waals surface area (Å²) in [6, 6.07) is 15.1. The third kappa shape index (κ3) is 5.83. The number of carbonyl (C=O) groups excluding carboxylic acids is 1. The standard InChI is InChI=1S/C23H27N3O4/c1-4-29-20-8-5-7-18(15-20)16(2)24-21(27)9-6-10-22-25-23(26-30-22)17-11-13-19(28-3)14-12-17/h5,7-8,11-16H,4,6,9-10H2,1-3H3,(H,24,27).